The van der Waals surface area contributed by atoms with Crippen LogP contribution in [0, 0.1) is 0 Å². The zero-order valence-corrected chi connectivity index (χ0v) is 13.4. The number of aromatic nitrogens is 2. The average molecular weight is 323 g/mol. The molecule has 4 rings (SSSR count). The van der Waals surface area contributed by atoms with Gasteiger partial charge in [0.15, 0.2) is 5.16 Å². The van der Waals surface area contributed by atoms with Crippen molar-refractivity contribution in [1.82, 2.24) is 15.3 Å². The lowest BCUT2D eigenvalue weighted by Crippen LogP contribution is -2.25. The molecule has 0 radical (unpaired) electrons. The van der Waals surface area contributed by atoms with E-state index in [4.69, 9.17) is 0 Å². The van der Waals surface area contributed by atoms with E-state index in [1.54, 1.807) is 11.8 Å². The number of thioether (sulfide) groups is 1. The molecule has 1 fully saturated rings. The lowest BCUT2D eigenvalue weighted by Gasteiger charge is -2.04. The highest BCUT2D eigenvalue weighted by Crippen LogP contribution is 2.23. The Morgan fingerprint density at radius 2 is 1.96 bits per heavy atom. The van der Waals surface area contributed by atoms with Crippen LogP contribution in [0.25, 0.3) is 11.0 Å². The Kier molecular flexibility index (Phi) is 3.79. The van der Waals surface area contributed by atoms with Crippen LogP contribution in [0.3, 0.4) is 0 Å². The second-order valence-electron chi connectivity index (χ2n) is 5.79. The summed E-state index contributed by atoms with van der Waals surface area (Å²) in [6, 6.07) is 16.2. The van der Waals surface area contributed by atoms with E-state index in [0.717, 1.165) is 40.3 Å². The van der Waals surface area contributed by atoms with Crippen molar-refractivity contribution >= 4 is 28.7 Å². The maximum atomic E-state index is 12.0. The third-order valence-electron chi connectivity index (χ3n) is 3.87. The summed E-state index contributed by atoms with van der Waals surface area (Å²) in [4.78, 5) is 19.8. The molecule has 0 saturated heterocycles. The molecule has 5 heteroatoms. The normalized spacial score (nSPS) is 14.1. The van der Waals surface area contributed by atoms with Gasteiger partial charge in [0.1, 0.15) is 0 Å². The number of hydrogen-bond donors (Lipinski definition) is 2. The molecule has 3 aromatic rings. The molecule has 0 aliphatic heterocycles. The van der Waals surface area contributed by atoms with Crippen molar-refractivity contribution in [3.8, 4) is 0 Å². The molecule has 0 bridgehead atoms. The number of benzene rings is 2. The van der Waals surface area contributed by atoms with Gasteiger partial charge in [-0.2, -0.15) is 0 Å². The van der Waals surface area contributed by atoms with Gasteiger partial charge in [-0.25, -0.2) is 4.98 Å². The third-order valence-corrected chi connectivity index (χ3v) is 4.82. The van der Waals surface area contributed by atoms with Gasteiger partial charge in [0.05, 0.1) is 11.0 Å². The van der Waals surface area contributed by atoms with Gasteiger partial charge in [0.2, 0.25) is 0 Å². The Morgan fingerprint density at radius 3 is 2.70 bits per heavy atom. The summed E-state index contributed by atoms with van der Waals surface area (Å²) in [5.41, 5.74) is 3.96. The van der Waals surface area contributed by atoms with Gasteiger partial charge in [0.25, 0.3) is 5.91 Å². The minimum Gasteiger partial charge on any atom is -0.349 e. The highest BCUT2D eigenvalue weighted by atomic mass is 32.2. The first-order valence-electron chi connectivity index (χ1n) is 7.75. The van der Waals surface area contributed by atoms with Crippen molar-refractivity contribution in [2.45, 2.75) is 29.8 Å². The van der Waals surface area contributed by atoms with Crippen LogP contribution in [0.15, 0.2) is 53.7 Å². The maximum Gasteiger partial charge on any atom is 0.251 e. The lowest BCUT2D eigenvalue weighted by molar-refractivity contribution is 0.0951. The Hall–Kier alpha value is -2.27. The maximum absolute atomic E-state index is 12.0. The van der Waals surface area contributed by atoms with Gasteiger partial charge in [-0.3, -0.25) is 4.79 Å². The second-order valence-corrected chi connectivity index (χ2v) is 6.76. The van der Waals surface area contributed by atoms with Crippen LogP contribution < -0.4 is 5.32 Å². The van der Waals surface area contributed by atoms with Gasteiger partial charge < -0.3 is 10.3 Å². The molecule has 1 aliphatic carbocycles. The topological polar surface area (TPSA) is 57.8 Å². The smallest absolute Gasteiger partial charge is 0.251 e. The number of nitrogens with zero attached hydrogens (tertiary/aromatic N) is 1. The van der Waals surface area contributed by atoms with Crippen LogP contribution >= 0.6 is 11.8 Å². The van der Waals surface area contributed by atoms with Crippen molar-refractivity contribution < 1.29 is 4.79 Å². The number of carbonyl (C=O) groups is 1. The SMILES string of the molecule is O=C(NC1CC1)c1ccc(CSc2nc3ccccc3[nH]2)cc1. The molecular weight excluding hydrogens is 306 g/mol. The number of carbonyl (C=O) groups excluding carboxylic acids is 1. The summed E-state index contributed by atoms with van der Waals surface area (Å²) in [5.74, 6) is 0.855. The van der Waals surface area contributed by atoms with E-state index in [9.17, 15) is 4.79 Å². The third kappa shape index (κ3) is 3.40. The monoisotopic (exact) mass is 323 g/mol. The number of hydrogen-bond acceptors (Lipinski definition) is 3. The summed E-state index contributed by atoms with van der Waals surface area (Å²) >= 11 is 1.67. The predicted octanol–water partition coefficient (Wildman–Crippen LogP) is 3.75. The fraction of sp³-hybridized carbons (Fsp3) is 0.222. The summed E-state index contributed by atoms with van der Waals surface area (Å²) in [7, 11) is 0. The van der Waals surface area contributed by atoms with E-state index in [1.807, 2.05) is 48.5 Å². The van der Waals surface area contributed by atoms with Crippen LogP contribution in [0.2, 0.25) is 0 Å². The molecule has 0 atom stereocenters. The van der Waals surface area contributed by atoms with Crippen molar-refractivity contribution in [2.75, 3.05) is 0 Å². The van der Waals surface area contributed by atoms with Gasteiger partial charge >= 0.3 is 0 Å². The van der Waals surface area contributed by atoms with E-state index < -0.39 is 0 Å². The van der Waals surface area contributed by atoms with Gasteiger partial charge in [-0.1, -0.05) is 36.0 Å². The highest BCUT2D eigenvalue weighted by molar-refractivity contribution is 7.98. The predicted molar refractivity (Wildman–Crippen MR) is 92.6 cm³/mol. The van der Waals surface area contributed by atoms with Crippen LogP contribution in [-0.2, 0) is 5.75 Å². The first-order chi connectivity index (χ1) is 11.3. The Labute approximate surface area is 138 Å². The lowest BCUT2D eigenvalue weighted by atomic mass is 10.1. The Bertz CT molecular complexity index is 804. The fourth-order valence-corrected chi connectivity index (χ4v) is 3.24. The zero-order valence-electron chi connectivity index (χ0n) is 12.6. The van der Waals surface area contributed by atoms with Crippen LogP contribution in [0.1, 0.15) is 28.8 Å². The van der Waals surface area contributed by atoms with E-state index in [1.165, 1.54) is 5.56 Å². The zero-order chi connectivity index (χ0) is 15.6. The number of para-hydroxylation sites is 2. The molecule has 2 N–H and O–H groups in total. The van der Waals surface area contributed by atoms with E-state index in [-0.39, 0.29) is 5.91 Å². The minimum absolute atomic E-state index is 0.0315. The Balaban J connectivity index is 1.39. The molecule has 0 unspecified atom stereocenters. The van der Waals surface area contributed by atoms with Crippen LogP contribution in [-0.4, -0.2) is 21.9 Å². The van der Waals surface area contributed by atoms with Crippen LogP contribution in [0.4, 0.5) is 0 Å². The molecule has 1 saturated carbocycles. The molecule has 23 heavy (non-hydrogen) atoms. The van der Waals surface area contributed by atoms with Crippen LogP contribution in [0.5, 0.6) is 0 Å². The molecular formula is C18H17N3OS. The minimum atomic E-state index is 0.0315. The summed E-state index contributed by atoms with van der Waals surface area (Å²) in [6.07, 6.45) is 2.22. The summed E-state index contributed by atoms with van der Waals surface area (Å²) < 4.78 is 0. The molecule has 116 valence electrons. The van der Waals surface area contributed by atoms with Crippen molar-refractivity contribution in [3.05, 3.63) is 59.7 Å². The molecule has 1 aromatic heterocycles. The summed E-state index contributed by atoms with van der Waals surface area (Å²) in [6.45, 7) is 0. The van der Waals surface area contributed by atoms with E-state index >= 15 is 0 Å². The molecule has 1 aliphatic rings. The average Bonchev–Trinajstić information content (AvgIpc) is 3.29. The highest BCUT2D eigenvalue weighted by Gasteiger charge is 2.23. The Morgan fingerprint density at radius 1 is 1.17 bits per heavy atom. The number of amides is 1. The standard InChI is InChI=1S/C18H17N3OS/c22-17(19-14-9-10-14)13-7-5-12(6-8-13)11-23-18-20-15-3-1-2-4-16(15)21-18/h1-8,14H,9-11H2,(H,19,22)(H,20,21). The van der Waals surface area contributed by atoms with Crippen molar-refractivity contribution in [3.63, 3.8) is 0 Å². The number of aromatic amines is 1. The fourth-order valence-electron chi connectivity index (χ4n) is 2.40. The molecule has 1 heterocycles. The number of imidazole rings is 1. The van der Waals surface area contributed by atoms with Gasteiger partial charge in [-0.05, 0) is 42.7 Å². The molecule has 4 nitrogen and oxygen atoms in total. The largest absolute Gasteiger partial charge is 0.349 e. The number of nitrogens with one attached hydrogen (secondary N) is 2. The van der Waals surface area contributed by atoms with E-state index in [0.29, 0.717) is 6.04 Å². The quantitative estimate of drug-likeness (QED) is 0.703. The number of fused-ring (bicyclic) bond motifs is 1. The van der Waals surface area contributed by atoms with Crippen molar-refractivity contribution in [1.29, 1.82) is 0 Å². The second kappa shape index (κ2) is 6.08. The molecule has 0 spiro atoms. The number of H-pyrrole nitrogens is 1. The van der Waals surface area contributed by atoms with E-state index in [2.05, 4.69) is 15.3 Å². The van der Waals surface area contributed by atoms with Crippen molar-refractivity contribution in [2.24, 2.45) is 0 Å². The van der Waals surface area contributed by atoms with Gasteiger partial charge in [-0.15, -0.1) is 0 Å². The first-order valence-corrected chi connectivity index (χ1v) is 8.74. The molecule has 1 amide bonds. The first kappa shape index (κ1) is 14.3. The van der Waals surface area contributed by atoms with Gasteiger partial charge in [0, 0.05) is 17.4 Å². The summed E-state index contributed by atoms with van der Waals surface area (Å²) in [5, 5.41) is 3.92. The number of rotatable bonds is 5. The molecule has 2 aromatic carbocycles.